The van der Waals surface area contributed by atoms with Crippen molar-refractivity contribution in [2.24, 2.45) is 17.3 Å². The standard InChI is InChI=1S/C14H15N3O2/c1-14(2)11-7-16(8-12(11)14)10-3-4-13(17(18)19)9(5-10)6-15/h3-5,11-12H,7-8H2,1-2H3/t11-,12+. The molecule has 1 heterocycles. The topological polar surface area (TPSA) is 70.2 Å². The zero-order valence-corrected chi connectivity index (χ0v) is 11.0. The number of hydrogen-bond donors (Lipinski definition) is 0. The second-order valence-corrected chi connectivity index (χ2v) is 6.01. The Bertz CT molecular complexity index is 589. The predicted molar refractivity (Wildman–Crippen MR) is 70.8 cm³/mol. The van der Waals surface area contributed by atoms with E-state index in [-0.39, 0.29) is 11.3 Å². The zero-order chi connectivity index (χ0) is 13.8. The number of nitrogens with zero attached hydrogens (tertiary/aromatic N) is 3. The third kappa shape index (κ3) is 1.67. The average Bonchev–Trinajstić information content (AvgIpc) is 2.79. The van der Waals surface area contributed by atoms with E-state index in [0.29, 0.717) is 17.3 Å². The lowest BCUT2D eigenvalue weighted by Crippen LogP contribution is -2.26. The molecule has 3 rings (SSSR count). The highest BCUT2D eigenvalue weighted by atomic mass is 16.6. The normalized spacial score (nSPS) is 26.7. The van der Waals surface area contributed by atoms with Gasteiger partial charge in [-0.25, -0.2) is 0 Å². The van der Waals surface area contributed by atoms with Gasteiger partial charge >= 0.3 is 0 Å². The molecule has 0 spiro atoms. The van der Waals surface area contributed by atoms with Gasteiger partial charge in [-0.1, -0.05) is 13.8 Å². The Morgan fingerprint density at radius 2 is 2.05 bits per heavy atom. The van der Waals surface area contributed by atoms with Crippen LogP contribution in [0.15, 0.2) is 18.2 Å². The molecule has 1 aromatic rings. The average molecular weight is 257 g/mol. The van der Waals surface area contributed by atoms with Crippen molar-refractivity contribution in [2.45, 2.75) is 13.8 Å². The van der Waals surface area contributed by atoms with E-state index in [1.807, 2.05) is 6.07 Å². The van der Waals surface area contributed by atoms with Gasteiger partial charge in [0.05, 0.1) is 4.92 Å². The molecule has 1 saturated heterocycles. The monoisotopic (exact) mass is 257 g/mol. The maximum absolute atomic E-state index is 10.8. The number of hydrogen-bond acceptors (Lipinski definition) is 4. The first-order chi connectivity index (χ1) is 8.95. The van der Waals surface area contributed by atoms with Crippen LogP contribution in [0.2, 0.25) is 0 Å². The van der Waals surface area contributed by atoms with Crippen LogP contribution >= 0.6 is 0 Å². The molecule has 5 heteroatoms. The molecule has 0 unspecified atom stereocenters. The fourth-order valence-corrected chi connectivity index (χ4v) is 3.31. The Morgan fingerprint density at radius 3 is 2.58 bits per heavy atom. The van der Waals surface area contributed by atoms with E-state index in [0.717, 1.165) is 18.8 Å². The van der Waals surface area contributed by atoms with Gasteiger partial charge < -0.3 is 4.90 Å². The fraction of sp³-hybridized carbons (Fsp3) is 0.500. The number of nitriles is 1. The van der Waals surface area contributed by atoms with E-state index in [4.69, 9.17) is 5.26 Å². The second-order valence-electron chi connectivity index (χ2n) is 6.01. The Kier molecular flexibility index (Phi) is 2.33. The van der Waals surface area contributed by atoms with Gasteiger partial charge in [0.2, 0.25) is 0 Å². The minimum absolute atomic E-state index is 0.115. The van der Waals surface area contributed by atoms with E-state index in [2.05, 4.69) is 18.7 Å². The van der Waals surface area contributed by atoms with E-state index < -0.39 is 4.92 Å². The molecule has 0 N–H and O–H groups in total. The van der Waals surface area contributed by atoms with Crippen LogP contribution in [-0.4, -0.2) is 18.0 Å². The number of nitro benzene ring substituents is 1. The van der Waals surface area contributed by atoms with Crippen LogP contribution < -0.4 is 4.90 Å². The van der Waals surface area contributed by atoms with Crippen LogP contribution in [0.25, 0.3) is 0 Å². The van der Waals surface area contributed by atoms with Gasteiger partial charge in [0, 0.05) is 24.8 Å². The fourth-order valence-electron chi connectivity index (χ4n) is 3.31. The van der Waals surface area contributed by atoms with Crippen molar-refractivity contribution in [1.29, 1.82) is 5.26 Å². The van der Waals surface area contributed by atoms with Crippen LogP contribution in [0.3, 0.4) is 0 Å². The summed E-state index contributed by atoms with van der Waals surface area (Å²) in [4.78, 5) is 12.5. The molecule has 1 aliphatic carbocycles. The molecule has 0 bridgehead atoms. The summed E-state index contributed by atoms with van der Waals surface area (Å²) < 4.78 is 0. The highest BCUT2D eigenvalue weighted by Crippen LogP contribution is 2.62. The molecule has 1 saturated carbocycles. The van der Waals surface area contributed by atoms with Crippen LogP contribution in [-0.2, 0) is 0 Å². The molecule has 1 aliphatic heterocycles. The summed E-state index contributed by atoms with van der Waals surface area (Å²) in [5, 5.41) is 19.8. The lowest BCUT2D eigenvalue weighted by atomic mass is 10.1. The van der Waals surface area contributed by atoms with Crippen molar-refractivity contribution in [3.8, 4) is 6.07 Å². The lowest BCUT2D eigenvalue weighted by Gasteiger charge is -2.24. The first-order valence-electron chi connectivity index (χ1n) is 6.38. The number of benzene rings is 1. The Labute approximate surface area is 111 Å². The molecule has 5 nitrogen and oxygen atoms in total. The van der Waals surface area contributed by atoms with E-state index in [9.17, 15) is 10.1 Å². The smallest absolute Gasteiger partial charge is 0.287 e. The van der Waals surface area contributed by atoms with Gasteiger partial charge in [0.1, 0.15) is 11.6 Å². The Hall–Kier alpha value is -2.09. The summed E-state index contributed by atoms with van der Waals surface area (Å²) in [5.74, 6) is 1.43. The minimum atomic E-state index is -0.507. The van der Waals surface area contributed by atoms with Gasteiger partial charge in [-0.2, -0.15) is 5.26 Å². The lowest BCUT2D eigenvalue weighted by molar-refractivity contribution is -0.385. The van der Waals surface area contributed by atoms with Gasteiger partial charge in [0.25, 0.3) is 5.69 Å². The molecule has 98 valence electrons. The Balaban J connectivity index is 1.85. The number of anilines is 1. The predicted octanol–water partition coefficient (Wildman–Crippen LogP) is 2.56. The second kappa shape index (κ2) is 3.70. The summed E-state index contributed by atoms with van der Waals surface area (Å²) in [6.07, 6.45) is 0. The largest absolute Gasteiger partial charge is 0.371 e. The highest BCUT2D eigenvalue weighted by Gasteiger charge is 2.61. The zero-order valence-electron chi connectivity index (χ0n) is 11.0. The molecular formula is C14H15N3O2. The van der Waals surface area contributed by atoms with E-state index in [1.54, 1.807) is 12.1 Å². The van der Waals surface area contributed by atoms with Crippen molar-refractivity contribution in [3.05, 3.63) is 33.9 Å². The highest BCUT2D eigenvalue weighted by molar-refractivity contribution is 5.60. The van der Waals surface area contributed by atoms with Crippen molar-refractivity contribution in [2.75, 3.05) is 18.0 Å². The first-order valence-corrected chi connectivity index (χ1v) is 6.38. The minimum Gasteiger partial charge on any atom is -0.371 e. The van der Waals surface area contributed by atoms with Crippen LogP contribution in [0.4, 0.5) is 11.4 Å². The molecule has 0 aromatic heterocycles. The number of fused-ring (bicyclic) bond motifs is 1. The maximum atomic E-state index is 10.8. The number of nitro groups is 1. The summed E-state index contributed by atoms with van der Waals surface area (Å²) in [5.41, 5.74) is 1.39. The molecule has 0 radical (unpaired) electrons. The number of piperidine rings is 1. The summed E-state index contributed by atoms with van der Waals surface area (Å²) in [7, 11) is 0. The van der Waals surface area contributed by atoms with Gasteiger partial charge in [0.15, 0.2) is 0 Å². The molecule has 2 atom stereocenters. The molecule has 2 aliphatic rings. The van der Waals surface area contributed by atoms with Gasteiger partial charge in [-0.05, 0) is 29.4 Å². The number of rotatable bonds is 2. The Morgan fingerprint density at radius 1 is 1.42 bits per heavy atom. The molecule has 1 aromatic carbocycles. The van der Waals surface area contributed by atoms with Gasteiger partial charge in [-0.15, -0.1) is 0 Å². The van der Waals surface area contributed by atoms with Crippen LogP contribution in [0.5, 0.6) is 0 Å². The molecular weight excluding hydrogens is 242 g/mol. The molecule has 19 heavy (non-hydrogen) atoms. The SMILES string of the molecule is CC1(C)[C@@H]2CN(c3ccc([N+](=O)[O-])c(C#N)c3)C[C@@H]21. The third-order valence-electron chi connectivity index (χ3n) is 4.78. The molecule has 2 fully saturated rings. The maximum Gasteiger partial charge on any atom is 0.287 e. The summed E-state index contributed by atoms with van der Waals surface area (Å²) in [6.45, 7) is 6.55. The van der Waals surface area contributed by atoms with Gasteiger partial charge in [-0.3, -0.25) is 10.1 Å². The summed E-state index contributed by atoms with van der Waals surface area (Å²) in [6, 6.07) is 6.73. The van der Waals surface area contributed by atoms with E-state index >= 15 is 0 Å². The van der Waals surface area contributed by atoms with Crippen molar-refractivity contribution in [3.63, 3.8) is 0 Å². The first kappa shape index (κ1) is 12.0. The molecule has 0 amide bonds. The van der Waals surface area contributed by atoms with Crippen LogP contribution in [0, 0.1) is 38.7 Å². The third-order valence-corrected chi connectivity index (χ3v) is 4.78. The van der Waals surface area contributed by atoms with Crippen molar-refractivity contribution < 1.29 is 4.92 Å². The summed E-state index contributed by atoms with van der Waals surface area (Å²) >= 11 is 0. The van der Waals surface area contributed by atoms with Crippen LogP contribution in [0.1, 0.15) is 19.4 Å². The van der Waals surface area contributed by atoms with Crippen molar-refractivity contribution in [1.82, 2.24) is 0 Å². The van der Waals surface area contributed by atoms with E-state index in [1.165, 1.54) is 6.07 Å². The van der Waals surface area contributed by atoms with Crippen molar-refractivity contribution >= 4 is 11.4 Å². The quantitative estimate of drug-likeness (QED) is 0.603.